The predicted octanol–water partition coefficient (Wildman–Crippen LogP) is 2.96. The smallest absolute Gasteiger partial charge is 0.254 e. The Hall–Kier alpha value is -3.26. The van der Waals surface area contributed by atoms with E-state index in [4.69, 9.17) is 4.74 Å². The SMILES string of the molecule is COc1cccc(-c2ccnc(-n3ncc(C(=O)NCC(C)(C)CN(C)C)c3C)n2)c1. The van der Waals surface area contributed by atoms with Crippen LogP contribution in [0.25, 0.3) is 17.2 Å². The van der Waals surface area contributed by atoms with Crippen LogP contribution in [0, 0.1) is 12.3 Å². The summed E-state index contributed by atoms with van der Waals surface area (Å²) in [5.74, 6) is 1.01. The van der Waals surface area contributed by atoms with E-state index in [1.807, 2.05) is 51.4 Å². The van der Waals surface area contributed by atoms with Crippen molar-refractivity contribution in [1.29, 1.82) is 0 Å². The summed E-state index contributed by atoms with van der Waals surface area (Å²) in [5.41, 5.74) is 2.81. The molecule has 0 bridgehead atoms. The first kappa shape index (κ1) is 22.4. The standard InChI is InChI=1S/C23H30N6O2/c1-16-19(21(30)25-14-23(2,3)15-28(4)5)13-26-29(16)22-24-11-10-20(27-22)17-8-7-9-18(12-17)31-6/h7-13H,14-15H2,1-6H3,(H,25,30). The maximum absolute atomic E-state index is 12.8. The monoisotopic (exact) mass is 422 g/mol. The van der Waals surface area contributed by atoms with Crippen molar-refractivity contribution in [2.45, 2.75) is 20.8 Å². The third-order valence-corrected chi connectivity index (χ3v) is 4.92. The van der Waals surface area contributed by atoms with Gasteiger partial charge in [0.15, 0.2) is 0 Å². The summed E-state index contributed by atoms with van der Waals surface area (Å²) in [6.45, 7) is 7.53. The fraction of sp³-hybridized carbons (Fsp3) is 0.391. The van der Waals surface area contributed by atoms with Gasteiger partial charge in [0.2, 0.25) is 0 Å². The molecule has 1 amide bonds. The number of aromatic nitrogens is 4. The van der Waals surface area contributed by atoms with Crippen LogP contribution in [0.2, 0.25) is 0 Å². The first-order valence-electron chi connectivity index (χ1n) is 10.2. The van der Waals surface area contributed by atoms with E-state index in [0.29, 0.717) is 23.8 Å². The number of carbonyl (C=O) groups is 1. The molecule has 0 saturated heterocycles. The van der Waals surface area contributed by atoms with Crippen LogP contribution in [0.15, 0.2) is 42.7 Å². The maximum Gasteiger partial charge on any atom is 0.254 e. The van der Waals surface area contributed by atoms with Crippen molar-refractivity contribution in [2.75, 3.05) is 34.3 Å². The van der Waals surface area contributed by atoms with Crippen LogP contribution >= 0.6 is 0 Å². The molecule has 0 fully saturated rings. The Morgan fingerprint density at radius 2 is 2.03 bits per heavy atom. The van der Waals surface area contributed by atoms with Crippen molar-refractivity contribution in [3.63, 3.8) is 0 Å². The summed E-state index contributed by atoms with van der Waals surface area (Å²) in [4.78, 5) is 23.9. The molecule has 8 nitrogen and oxygen atoms in total. The number of carbonyl (C=O) groups excluding carboxylic acids is 1. The third kappa shape index (κ3) is 5.46. The Morgan fingerprint density at radius 1 is 1.26 bits per heavy atom. The number of hydrogen-bond acceptors (Lipinski definition) is 6. The third-order valence-electron chi connectivity index (χ3n) is 4.92. The van der Waals surface area contributed by atoms with Gasteiger partial charge in [0.25, 0.3) is 11.9 Å². The highest BCUT2D eigenvalue weighted by Crippen LogP contribution is 2.23. The molecule has 0 saturated carbocycles. The number of amides is 1. The van der Waals surface area contributed by atoms with Gasteiger partial charge in [-0.05, 0) is 44.6 Å². The first-order valence-corrected chi connectivity index (χ1v) is 10.2. The quantitative estimate of drug-likeness (QED) is 0.601. The number of nitrogens with one attached hydrogen (secondary N) is 1. The molecule has 2 aromatic heterocycles. The van der Waals surface area contributed by atoms with Gasteiger partial charge in [-0.25, -0.2) is 14.6 Å². The van der Waals surface area contributed by atoms with E-state index < -0.39 is 0 Å². The predicted molar refractivity (Wildman–Crippen MR) is 121 cm³/mol. The summed E-state index contributed by atoms with van der Waals surface area (Å²) in [6, 6.07) is 9.50. The molecule has 0 spiro atoms. The number of benzene rings is 1. The minimum atomic E-state index is -0.153. The molecule has 0 unspecified atom stereocenters. The van der Waals surface area contributed by atoms with Crippen LogP contribution in [-0.4, -0.2) is 64.9 Å². The van der Waals surface area contributed by atoms with Crippen molar-refractivity contribution >= 4 is 5.91 Å². The molecule has 0 aliphatic rings. The summed E-state index contributed by atoms with van der Waals surface area (Å²) < 4.78 is 6.89. The fourth-order valence-electron chi connectivity index (χ4n) is 3.55. The van der Waals surface area contributed by atoms with E-state index in [1.165, 1.54) is 0 Å². The summed E-state index contributed by atoms with van der Waals surface area (Å²) in [5, 5.41) is 7.39. The van der Waals surface area contributed by atoms with Crippen LogP contribution in [0.1, 0.15) is 29.9 Å². The number of nitrogens with zero attached hydrogens (tertiary/aromatic N) is 5. The van der Waals surface area contributed by atoms with Crippen molar-refractivity contribution in [3.8, 4) is 23.0 Å². The molecule has 0 radical (unpaired) electrons. The van der Waals surface area contributed by atoms with Crippen molar-refractivity contribution in [1.82, 2.24) is 30.0 Å². The van der Waals surface area contributed by atoms with Crippen LogP contribution in [-0.2, 0) is 0 Å². The maximum atomic E-state index is 12.8. The Balaban J connectivity index is 1.80. The lowest BCUT2D eigenvalue weighted by Crippen LogP contribution is -2.40. The molecule has 8 heteroatoms. The molecular weight excluding hydrogens is 392 g/mol. The van der Waals surface area contributed by atoms with Crippen LogP contribution < -0.4 is 10.1 Å². The van der Waals surface area contributed by atoms with E-state index in [2.05, 4.69) is 39.1 Å². The molecule has 0 aliphatic carbocycles. The van der Waals surface area contributed by atoms with E-state index in [-0.39, 0.29) is 11.3 Å². The van der Waals surface area contributed by atoms with Crippen molar-refractivity contribution in [2.24, 2.45) is 5.41 Å². The van der Waals surface area contributed by atoms with Gasteiger partial charge in [0.1, 0.15) is 5.75 Å². The highest BCUT2D eigenvalue weighted by Gasteiger charge is 2.22. The largest absolute Gasteiger partial charge is 0.497 e. The Morgan fingerprint density at radius 3 is 2.74 bits per heavy atom. The molecule has 31 heavy (non-hydrogen) atoms. The van der Waals surface area contributed by atoms with E-state index in [1.54, 1.807) is 24.2 Å². The average molecular weight is 423 g/mol. The zero-order valence-electron chi connectivity index (χ0n) is 19.0. The normalized spacial score (nSPS) is 11.6. The number of methoxy groups -OCH3 is 1. The Kier molecular flexibility index (Phi) is 6.70. The van der Waals surface area contributed by atoms with E-state index in [0.717, 1.165) is 23.6 Å². The lowest BCUT2D eigenvalue weighted by molar-refractivity contribution is 0.0928. The number of rotatable bonds is 8. The molecule has 164 valence electrons. The minimum absolute atomic E-state index is 0.0444. The van der Waals surface area contributed by atoms with Crippen LogP contribution in [0.3, 0.4) is 0 Å². The van der Waals surface area contributed by atoms with E-state index in [9.17, 15) is 4.79 Å². The zero-order valence-corrected chi connectivity index (χ0v) is 19.0. The van der Waals surface area contributed by atoms with Gasteiger partial charge in [0.05, 0.1) is 30.3 Å². The van der Waals surface area contributed by atoms with Gasteiger partial charge in [-0.1, -0.05) is 26.0 Å². The molecule has 3 aromatic rings. The number of ether oxygens (including phenoxy) is 1. The van der Waals surface area contributed by atoms with E-state index >= 15 is 0 Å². The van der Waals surface area contributed by atoms with Gasteiger partial charge in [-0.3, -0.25) is 4.79 Å². The molecular formula is C23H30N6O2. The molecule has 2 heterocycles. The van der Waals surface area contributed by atoms with Gasteiger partial charge < -0.3 is 15.0 Å². The molecule has 0 atom stereocenters. The van der Waals surface area contributed by atoms with Crippen LogP contribution in [0.4, 0.5) is 0 Å². The van der Waals surface area contributed by atoms with Crippen LogP contribution in [0.5, 0.6) is 5.75 Å². The Labute approximate surface area is 183 Å². The highest BCUT2D eigenvalue weighted by molar-refractivity contribution is 5.95. The molecule has 1 N–H and O–H groups in total. The highest BCUT2D eigenvalue weighted by atomic mass is 16.5. The lowest BCUT2D eigenvalue weighted by Gasteiger charge is -2.28. The second-order valence-corrected chi connectivity index (χ2v) is 8.61. The summed E-state index contributed by atoms with van der Waals surface area (Å²) in [7, 11) is 5.68. The molecule has 1 aromatic carbocycles. The molecule has 0 aliphatic heterocycles. The number of hydrogen-bond donors (Lipinski definition) is 1. The second-order valence-electron chi connectivity index (χ2n) is 8.61. The molecule has 3 rings (SSSR count). The van der Waals surface area contributed by atoms with Gasteiger partial charge >= 0.3 is 0 Å². The topological polar surface area (TPSA) is 85.2 Å². The Bertz CT molecular complexity index is 1060. The average Bonchev–Trinajstić information content (AvgIpc) is 3.12. The zero-order chi connectivity index (χ0) is 22.6. The van der Waals surface area contributed by atoms with Gasteiger partial charge in [-0.2, -0.15) is 5.10 Å². The summed E-state index contributed by atoms with van der Waals surface area (Å²) in [6.07, 6.45) is 3.24. The van der Waals surface area contributed by atoms with Gasteiger partial charge in [0, 0.05) is 24.8 Å². The van der Waals surface area contributed by atoms with Crippen molar-refractivity contribution < 1.29 is 9.53 Å². The van der Waals surface area contributed by atoms with Gasteiger partial charge in [-0.15, -0.1) is 0 Å². The minimum Gasteiger partial charge on any atom is -0.497 e. The first-order chi connectivity index (χ1) is 14.7. The van der Waals surface area contributed by atoms with Crippen molar-refractivity contribution in [3.05, 3.63) is 54.0 Å². The fourth-order valence-corrected chi connectivity index (χ4v) is 3.55. The summed E-state index contributed by atoms with van der Waals surface area (Å²) >= 11 is 0. The second kappa shape index (κ2) is 9.26. The lowest BCUT2D eigenvalue weighted by atomic mass is 9.93.